The van der Waals surface area contributed by atoms with Crippen LogP contribution in [-0.4, -0.2) is 87.7 Å². The van der Waals surface area contributed by atoms with E-state index in [1.165, 1.54) is 6.92 Å². The molecule has 1 saturated carbocycles. The molecule has 3 aromatic heterocycles. The quantitative estimate of drug-likeness (QED) is 0.186. The number of carbonyl (C=O) groups is 2. The van der Waals surface area contributed by atoms with Crippen LogP contribution < -0.4 is 15.8 Å². The van der Waals surface area contributed by atoms with Crippen molar-refractivity contribution in [2.45, 2.75) is 78.4 Å². The van der Waals surface area contributed by atoms with E-state index >= 15 is 0 Å². The van der Waals surface area contributed by atoms with E-state index in [-0.39, 0.29) is 35.3 Å². The Balaban J connectivity index is 1.16. The molecule has 1 aliphatic heterocycles. The first kappa shape index (κ1) is 32.5. The van der Waals surface area contributed by atoms with Crippen molar-refractivity contribution in [1.29, 1.82) is 0 Å². The molecule has 1 saturated heterocycles. The van der Waals surface area contributed by atoms with Crippen molar-refractivity contribution >= 4 is 40.2 Å². The van der Waals surface area contributed by atoms with Gasteiger partial charge in [-0.1, -0.05) is 12.8 Å². The molecule has 4 heterocycles. The molecular formula is C33H45N7O5. The van der Waals surface area contributed by atoms with E-state index in [9.17, 15) is 14.4 Å². The predicted molar refractivity (Wildman–Crippen MR) is 173 cm³/mol. The van der Waals surface area contributed by atoms with Crippen LogP contribution in [0.25, 0.3) is 11.0 Å². The van der Waals surface area contributed by atoms with Gasteiger partial charge in [0.05, 0.1) is 37.1 Å². The highest BCUT2D eigenvalue weighted by molar-refractivity contribution is 5.99. The first-order valence-corrected chi connectivity index (χ1v) is 15.9. The van der Waals surface area contributed by atoms with E-state index in [1.54, 1.807) is 17.7 Å². The number of esters is 1. The molecule has 2 aliphatic rings. The molecule has 0 atom stereocenters. The molecule has 0 amide bonds. The average Bonchev–Trinajstić information content (AvgIpc) is 3.51. The Hall–Kier alpha value is -3.90. The molecule has 45 heavy (non-hydrogen) atoms. The highest BCUT2D eigenvalue weighted by Crippen LogP contribution is 2.32. The smallest absolute Gasteiger partial charge is 0.308 e. The molecule has 1 N–H and O–H groups in total. The molecule has 2 fully saturated rings. The Kier molecular flexibility index (Phi) is 10.1. The molecular weight excluding hydrogens is 574 g/mol. The number of nitrogens with zero attached hydrogens (tertiary/aromatic N) is 6. The van der Waals surface area contributed by atoms with Gasteiger partial charge in [-0.15, -0.1) is 0 Å². The fraction of sp³-hybridized carbons (Fsp3) is 0.576. The van der Waals surface area contributed by atoms with Gasteiger partial charge >= 0.3 is 5.97 Å². The van der Waals surface area contributed by atoms with Crippen LogP contribution in [0.1, 0.15) is 81.8 Å². The summed E-state index contributed by atoms with van der Waals surface area (Å²) in [4.78, 5) is 56.2. The van der Waals surface area contributed by atoms with Gasteiger partial charge in [0.15, 0.2) is 5.78 Å². The molecule has 242 valence electrons. The number of ether oxygens (including phenoxy) is 2. The summed E-state index contributed by atoms with van der Waals surface area (Å²) in [5.74, 6) is 0.485. The third-order valence-corrected chi connectivity index (χ3v) is 8.40. The van der Waals surface area contributed by atoms with Crippen molar-refractivity contribution in [3.8, 4) is 0 Å². The zero-order valence-electron chi connectivity index (χ0n) is 27.1. The summed E-state index contributed by atoms with van der Waals surface area (Å²) in [6.07, 6.45) is 7.68. The van der Waals surface area contributed by atoms with Crippen LogP contribution in [0, 0.1) is 6.92 Å². The summed E-state index contributed by atoms with van der Waals surface area (Å²) in [5.41, 5.74) is 1.69. The van der Waals surface area contributed by atoms with Crippen molar-refractivity contribution in [2.24, 2.45) is 0 Å². The molecule has 5 rings (SSSR count). The van der Waals surface area contributed by atoms with Crippen LogP contribution in [-0.2, 0) is 14.3 Å². The number of pyridine rings is 2. The number of carbonyl (C=O) groups excluding carboxylic acids is 2. The second-order valence-electron chi connectivity index (χ2n) is 12.9. The fourth-order valence-corrected chi connectivity index (χ4v) is 6.14. The van der Waals surface area contributed by atoms with Gasteiger partial charge in [0.25, 0.3) is 5.56 Å². The van der Waals surface area contributed by atoms with E-state index in [1.807, 2.05) is 39.1 Å². The molecule has 0 bridgehead atoms. The zero-order valence-corrected chi connectivity index (χ0v) is 27.1. The number of piperazine rings is 1. The van der Waals surface area contributed by atoms with Crippen LogP contribution >= 0.6 is 0 Å². The normalized spacial score (nSPS) is 16.3. The Morgan fingerprint density at radius 1 is 1.02 bits per heavy atom. The second kappa shape index (κ2) is 14.0. The molecule has 0 aromatic carbocycles. The third-order valence-electron chi connectivity index (χ3n) is 8.40. The number of rotatable bonds is 11. The molecule has 0 radical (unpaired) electrons. The Morgan fingerprint density at radius 2 is 1.76 bits per heavy atom. The number of nitrogens with one attached hydrogen (secondary N) is 1. The van der Waals surface area contributed by atoms with Crippen LogP contribution in [0.5, 0.6) is 0 Å². The Bertz CT molecular complexity index is 1570. The molecule has 12 nitrogen and oxygen atoms in total. The second-order valence-corrected chi connectivity index (χ2v) is 12.9. The Morgan fingerprint density at radius 3 is 2.40 bits per heavy atom. The van der Waals surface area contributed by atoms with Gasteiger partial charge in [-0.2, -0.15) is 4.98 Å². The first-order chi connectivity index (χ1) is 21.5. The lowest BCUT2D eigenvalue weighted by atomic mass is 10.0. The number of aromatic nitrogens is 4. The standard InChI is InChI=1S/C33H45N7O5/c1-22-26-21-35-32(37-30(26)40(24-8-6-7-9-24)31(43)29(22)23(2)41)36-27-11-10-25(20-34-27)39-15-13-38(14-16-39)17-19-44-18-12-28(42)45-33(3,4)5/h10-11,20-21,24H,6-9,12-19H2,1-5H3,(H,34,35,36,37). The average molecular weight is 620 g/mol. The van der Waals surface area contributed by atoms with E-state index in [0.29, 0.717) is 41.6 Å². The highest BCUT2D eigenvalue weighted by Gasteiger charge is 2.26. The van der Waals surface area contributed by atoms with Crippen LogP contribution in [0.4, 0.5) is 17.5 Å². The maximum atomic E-state index is 13.5. The minimum atomic E-state index is -0.473. The lowest BCUT2D eigenvalue weighted by Crippen LogP contribution is -2.47. The van der Waals surface area contributed by atoms with Crippen molar-refractivity contribution in [3.63, 3.8) is 0 Å². The molecule has 0 spiro atoms. The van der Waals surface area contributed by atoms with Gasteiger partial charge in [-0.25, -0.2) is 9.97 Å². The SMILES string of the molecule is CC(=O)c1c(C)c2cnc(Nc3ccc(N4CCN(CCOCCC(=O)OC(C)(C)C)CC4)cn3)nc2n(C2CCCC2)c1=O. The number of aryl methyl sites for hydroxylation is 1. The maximum Gasteiger partial charge on any atom is 0.308 e. The number of hydrogen-bond acceptors (Lipinski definition) is 11. The van der Waals surface area contributed by atoms with Gasteiger partial charge in [0.1, 0.15) is 17.1 Å². The first-order valence-electron chi connectivity index (χ1n) is 15.9. The maximum absolute atomic E-state index is 13.5. The van der Waals surface area contributed by atoms with E-state index in [4.69, 9.17) is 14.5 Å². The predicted octanol–water partition coefficient (Wildman–Crippen LogP) is 4.43. The number of ketones is 1. The Labute approximate surface area is 264 Å². The molecule has 12 heteroatoms. The number of Topliss-reactive ketones (excluding diaryl/α,β-unsaturated/α-hetero) is 1. The molecule has 0 unspecified atom stereocenters. The topological polar surface area (TPSA) is 132 Å². The van der Waals surface area contributed by atoms with Crippen molar-refractivity contribution < 1.29 is 19.1 Å². The van der Waals surface area contributed by atoms with E-state index in [2.05, 4.69) is 25.1 Å². The monoisotopic (exact) mass is 619 g/mol. The number of fused-ring (bicyclic) bond motifs is 1. The summed E-state index contributed by atoms with van der Waals surface area (Å²) in [6.45, 7) is 14.1. The largest absolute Gasteiger partial charge is 0.460 e. The van der Waals surface area contributed by atoms with Crippen molar-refractivity contribution in [3.05, 3.63) is 46.0 Å². The summed E-state index contributed by atoms with van der Waals surface area (Å²) in [6, 6.07) is 3.96. The van der Waals surface area contributed by atoms with E-state index < -0.39 is 5.60 Å². The third kappa shape index (κ3) is 8.04. The lowest BCUT2D eigenvalue weighted by Gasteiger charge is -2.35. The van der Waals surface area contributed by atoms with E-state index in [0.717, 1.165) is 64.1 Å². The van der Waals surface area contributed by atoms with Gasteiger partial charge in [-0.05, 0) is 65.2 Å². The van der Waals surface area contributed by atoms with Gasteiger partial charge in [-0.3, -0.25) is 23.9 Å². The minimum absolute atomic E-state index is 0.0241. The number of hydrogen-bond donors (Lipinski definition) is 1. The number of anilines is 3. The van der Waals surface area contributed by atoms with Gasteiger partial charge < -0.3 is 19.7 Å². The van der Waals surface area contributed by atoms with Crippen LogP contribution in [0.2, 0.25) is 0 Å². The lowest BCUT2D eigenvalue weighted by molar-refractivity contribution is -0.156. The summed E-state index contributed by atoms with van der Waals surface area (Å²) >= 11 is 0. The molecule has 1 aliphatic carbocycles. The van der Waals surface area contributed by atoms with Crippen molar-refractivity contribution in [1.82, 2.24) is 24.4 Å². The summed E-state index contributed by atoms with van der Waals surface area (Å²) < 4.78 is 12.7. The molecule has 3 aromatic rings. The highest BCUT2D eigenvalue weighted by atomic mass is 16.6. The van der Waals surface area contributed by atoms with Gasteiger partial charge in [0, 0.05) is 50.3 Å². The van der Waals surface area contributed by atoms with Crippen LogP contribution in [0.15, 0.2) is 29.3 Å². The summed E-state index contributed by atoms with van der Waals surface area (Å²) in [5, 5.41) is 3.91. The van der Waals surface area contributed by atoms with Crippen LogP contribution in [0.3, 0.4) is 0 Å². The summed E-state index contributed by atoms with van der Waals surface area (Å²) in [7, 11) is 0. The minimum Gasteiger partial charge on any atom is -0.460 e. The fourth-order valence-electron chi connectivity index (χ4n) is 6.14. The van der Waals surface area contributed by atoms with Gasteiger partial charge in [0.2, 0.25) is 5.95 Å². The van der Waals surface area contributed by atoms with Crippen molar-refractivity contribution in [2.75, 3.05) is 56.2 Å². The zero-order chi connectivity index (χ0) is 32.1.